The summed E-state index contributed by atoms with van der Waals surface area (Å²) in [5.74, 6) is -0.322. The molecule has 0 saturated carbocycles. The molecule has 2 aromatic heterocycles. The highest BCUT2D eigenvalue weighted by Crippen LogP contribution is 2.32. The number of thiazole rings is 1. The van der Waals surface area contributed by atoms with Crippen molar-refractivity contribution in [1.29, 1.82) is 0 Å². The summed E-state index contributed by atoms with van der Waals surface area (Å²) in [7, 11) is -3.64. The Morgan fingerprint density at radius 2 is 2.22 bits per heavy atom. The lowest BCUT2D eigenvalue weighted by molar-refractivity contribution is -0.119. The zero-order chi connectivity index (χ0) is 19.0. The van der Waals surface area contributed by atoms with Crippen LogP contribution in [0.1, 0.15) is 12.8 Å². The molecule has 142 valence electrons. The van der Waals surface area contributed by atoms with Crippen LogP contribution in [0.5, 0.6) is 0 Å². The third-order valence-corrected chi connectivity index (χ3v) is 9.33. The van der Waals surface area contributed by atoms with E-state index in [0.717, 1.165) is 15.1 Å². The molecule has 1 fully saturated rings. The van der Waals surface area contributed by atoms with Gasteiger partial charge in [0.05, 0.1) is 10.2 Å². The summed E-state index contributed by atoms with van der Waals surface area (Å²) >= 11 is 4.21. The number of amides is 1. The van der Waals surface area contributed by atoms with Gasteiger partial charge in [0.15, 0.2) is 5.13 Å². The van der Waals surface area contributed by atoms with E-state index < -0.39 is 16.1 Å². The number of hydrogen-bond donors (Lipinski definition) is 1. The van der Waals surface area contributed by atoms with Crippen molar-refractivity contribution in [2.75, 3.05) is 18.1 Å². The predicted octanol–water partition coefficient (Wildman–Crippen LogP) is 3.87. The highest BCUT2D eigenvalue weighted by molar-refractivity contribution is 7.98. The van der Waals surface area contributed by atoms with Crippen molar-refractivity contribution in [1.82, 2.24) is 9.29 Å². The number of hydrogen-bond acceptors (Lipinski definition) is 7. The van der Waals surface area contributed by atoms with Gasteiger partial charge in [-0.05, 0) is 48.7 Å². The van der Waals surface area contributed by atoms with Gasteiger partial charge in [-0.3, -0.25) is 4.79 Å². The highest BCUT2D eigenvalue weighted by atomic mass is 32.2. The number of rotatable bonds is 5. The molecule has 3 heterocycles. The molecule has 0 spiro atoms. The lowest BCUT2D eigenvalue weighted by Crippen LogP contribution is -2.42. The van der Waals surface area contributed by atoms with Gasteiger partial charge in [-0.2, -0.15) is 4.31 Å². The maximum absolute atomic E-state index is 12.8. The summed E-state index contributed by atoms with van der Waals surface area (Å²) in [6.07, 6.45) is 3.19. The number of nitrogens with one attached hydrogen (secondary N) is 1. The van der Waals surface area contributed by atoms with Gasteiger partial charge in [0.25, 0.3) is 10.0 Å². The molecule has 1 N–H and O–H groups in total. The van der Waals surface area contributed by atoms with Crippen molar-refractivity contribution >= 4 is 65.7 Å². The Bertz CT molecular complexity index is 1080. The standard InChI is InChI=1S/C17H17N3O3S4/c1-24-11-6-7-12-14(10-11)26-17(18-12)19-16(21)13-4-2-8-20(13)27(22,23)15-5-3-9-25-15/h3,5-7,9-10,13H,2,4,8H2,1H3,(H,18,19,21)/t13-/m1/s1. The number of nitrogens with zero attached hydrogens (tertiary/aromatic N) is 2. The number of anilines is 1. The highest BCUT2D eigenvalue weighted by Gasteiger charge is 2.40. The molecule has 1 amide bonds. The van der Waals surface area contributed by atoms with E-state index in [-0.39, 0.29) is 10.1 Å². The van der Waals surface area contributed by atoms with Crippen molar-refractivity contribution in [3.63, 3.8) is 0 Å². The number of fused-ring (bicyclic) bond motifs is 1. The first kappa shape index (κ1) is 18.9. The number of benzene rings is 1. The van der Waals surface area contributed by atoms with Crippen LogP contribution in [0.2, 0.25) is 0 Å². The van der Waals surface area contributed by atoms with Crippen molar-refractivity contribution in [3.8, 4) is 0 Å². The van der Waals surface area contributed by atoms with Crippen LogP contribution in [0.4, 0.5) is 5.13 Å². The monoisotopic (exact) mass is 439 g/mol. The predicted molar refractivity (Wildman–Crippen MR) is 111 cm³/mol. The van der Waals surface area contributed by atoms with Crippen LogP contribution in [0.3, 0.4) is 0 Å². The molecule has 10 heteroatoms. The minimum atomic E-state index is -3.64. The third-order valence-electron chi connectivity index (χ3n) is 4.39. The van der Waals surface area contributed by atoms with E-state index in [9.17, 15) is 13.2 Å². The lowest BCUT2D eigenvalue weighted by Gasteiger charge is -2.22. The molecule has 0 unspecified atom stereocenters. The Morgan fingerprint density at radius 3 is 2.96 bits per heavy atom. The van der Waals surface area contributed by atoms with E-state index in [1.807, 2.05) is 24.5 Å². The van der Waals surface area contributed by atoms with Gasteiger partial charge in [-0.1, -0.05) is 17.4 Å². The molecule has 27 heavy (non-hydrogen) atoms. The molecule has 6 nitrogen and oxygen atoms in total. The summed E-state index contributed by atoms with van der Waals surface area (Å²) in [6, 6.07) is 8.53. The minimum absolute atomic E-state index is 0.270. The molecule has 3 aromatic rings. The first-order valence-electron chi connectivity index (χ1n) is 8.30. The summed E-state index contributed by atoms with van der Waals surface area (Å²) in [4.78, 5) is 18.4. The van der Waals surface area contributed by atoms with Crippen LogP contribution in [-0.4, -0.2) is 42.5 Å². The smallest absolute Gasteiger partial charge is 0.253 e. The molecular weight excluding hydrogens is 422 g/mol. The van der Waals surface area contributed by atoms with E-state index in [4.69, 9.17) is 0 Å². The van der Waals surface area contributed by atoms with Crippen molar-refractivity contribution < 1.29 is 13.2 Å². The minimum Gasteiger partial charge on any atom is -0.301 e. The van der Waals surface area contributed by atoms with Gasteiger partial charge in [-0.25, -0.2) is 13.4 Å². The fourth-order valence-corrected chi connectivity index (χ4v) is 7.29. The number of sulfonamides is 1. The number of carbonyl (C=O) groups is 1. The van der Waals surface area contributed by atoms with Crippen LogP contribution in [-0.2, 0) is 14.8 Å². The van der Waals surface area contributed by atoms with Crippen molar-refractivity contribution in [2.24, 2.45) is 0 Å². The number of thioether (sulfide) groups is 1. The number of thiophene rings is 1. The fourth-order valence-electron chi connectivity index (χ4n) is 3.09. The second-order valence-electron chi connectivity index (χ2n) is 6.05. The maximum atomic E-state index is 12.8. The Hall–Kier alpha value is -1.46. The molecule has 1 atom stereocenters. The SMILES string of the molecule is CSc1ccc2nc(NC(=O)[C@H]3CCCN3S(=O)(=O)c3cccs3)sc2c1. The lowest BCUT2D eigenvalue weighted by atomic mass is 10.2. The summed E-state index contributed by atoms with van der Waals surface area (Å²) in [5, 5.41) is 5.04. The summed E-state index contributed by atoms with van der Waals surface area (Å²) in [6.45, 7) is 0.356. The van der Waals surface area contributed by atoms with Crippen LogP contribution < -0.4 is 5.32 Å². The quantitative estimate of drug-likeness (QED) is 0.611. The van der Waals surface area contributed by atoms with Gasteiger partial charge in [0.1, 0.15) is 10.3 Å². The fraction of sp³-hybridized carbons (Fsp3) is 0.294. The van der Waals surface area contributed by atoms with E-state index >= 15 is 0 Å². The van der Waals surface area contributed by atoms with E-state index in [1.165, 1.54) is 27.0 Å². The normalized spacial score (nSPS) is 18.2. The van der Waals surface area contributed by atoms with Gasteiger partial charge >= 0.3 is 0 Å². The van der Waals surface area contributed by atoms with Gasteiger partial charge in [0, 0.05) is 11.4 Å². The summed E-state index contributed by atoms with van der Waals surface area (Å²) in [5.41, 5.74) is 0.822. The zero-order valence-corrected chi connectivity index (χ0v) is 17.7. The van der Waals surface area contributed by atoms with Crippen molar-refractivity contribution in [2.45, 2.75) is 28.0 Å². The third kappa shape index (κ3) is 3.64. The second kappa shape index (κ2) is 7.51. The van der Waals surface area contributed by atoms with Crippen LogP contribution >= 0.6 is 34.4 Å². The molecule has 1 saturated heterocycles. The molecule has 0 aliphatic carbocycles. The Kier molecular flexibility index (Phi) is 5.26. The van der Waals surface area contributed by atoms with E-state index in [1.54, 1.807) is 29.3 Å². The Morgan fingerprint density at radius 1 is 1.37 bits per heavy atom. The second-order valence-corrected chi connectivity index (χ2v) is 11.0. The topological polar surface area (TPSA) is 79.4 Å². The largest absolute Gasteiger partial charge is 0.301 e. The molecule has 0 radical (unpaired) electrons. The first-order valence-corrected chi connectivity index (χ1v) is 12.7. The Labute approximate surface area is 169 Å². The van der Waals surface area contributed by atoms with Crippen molar-refractivity contribution in [3.05, 3.63) is 35.7 Å². The summed E-state index contributed by atoms with van der Waals surface area (Å²) < 4.78 is 28.2. The zero-order valence-electron chi connectivity index (χ0n) is 14.4. The van der Waals surface area contributed by atoms with Crippen LogP contribution in [0.15, 0.2) is 44.8 Å². The van der Waals surface area contributed by atoms with Gasteiger partial charge in [-0.15, -0.1) is 23.1 Å². The number of aromatic nitrogens is 1. The molecule has 1 aromatic carbocycles. The van der Waals surface area contributed by atoms with Crippen LogP contribution in [0, 0.1) is 0 Å². The molecule has 1 aliphatic rings. The average molecular weight is 440 g/mol. The average Bonchev–Trinajstić information content (AvgIpc) is 3.39. The maximum Gasteiger partial charge on any atom is 0.253 e. The van der Waals surface area contributed by atoms with Crippen LogP contribution in [0.25, 0.3) is 10.2 Å². The molecule has 0 bridgehead atoms. The number of carbonyl (C=O) groups excluding carboxylic acids is 1. The molecular formula is C17H17N3O3S4. The van der Waals surface area contributed by atoms with Gasteiger partial charge in [0.2, 0.25) is 5.91 Å². The first-order chi connectivity index (χ1) is 13.0. The van der Waals surface area contributed by atoms with E-state index in [0.29, 0.717) is 24.5 Å². The van der Waals surface area contributed by atoms with E-state index in [2.05, 4.69) is 10.3 Å². The van der Waals surface area contributed by atoms with Gasteiger partial charge < -0.3 is 5.32 Å². The Balaban J connectivity index is 1.55. The molecule has 4 rings (SSSR count). The molecule has 1 aliphatic heterocycles.